The van der Waals surface area contributed by atoms with Crippen LogP contribution in [0.1, 0.15) is 22.8 Å². The third kappa shape index (κ3) is 4.39. The van der Waals surface area contributed by atoms with E-state index < -0.39 is 11.7 Å². The van der Waals surface area contributed by atoms with Gasteiger partial charge < -0.3 is 9.47 Å². The van der Waals surface area contributed by atoms with Crippen LogP contribution in [-0.4, -0.2) is 19.0 Å². The van der Waals surface area contributed by atoms with E-state index in [1.54, 1.807) is 6.07 Å². The first-order valence-electron chi connectivity index (χ1n) is 8.32. The Morgan fingerprint density at radius 2 is 1.56 bits per heavy atom. The van der Waals surface area contributed by atoms with Crippen molar-refractivity contribution < 1.29 is 27.4 Å². The number of ketones is 1. The summed E-state index contributed by atoms with van der Waals surface area (Å²) in [6.07, 6.45) is -4.38. The van der Waals surface area contributed by atoms with Crippen LogP contribution in [0, 0.1) is 0 Å². The predicted molar refractivity (Wildman–Crippen MR) is 96.4 cm³/mol. The fraction of sp³-hybridized carbons (Fsp3) is 0.190. The zero-order chi connectivity index (χ0) is 19.4. The minimum atomic E-state index is -4.38. The highest BCUT2D eigenvalue weighted by Crippen LogP contribution is 2.31. The van der Waals surface area contributed by atoms with Crippen LogP contribution in [-0.2, 0) is 6.18 Å². The molecule has 0 saturated heterocycles. The Morgan fingerprint density at radius 3 is 2.22 bits per heavy atom. The lowest BCUT2D eigenvalue weighted by Crippen LogP contribution is -2.11. The minimum Gasteiger partial charge on any atom is -0.490 e. The number of carbonyl (C=O) groups is 1. The summed E-state index contributed by atoms with van der Waals surface area (Å²) in [5.74, 6) is 0.687. The van der Waals surface area contributed by atoms with Crippen molar-refractivity contribution >= 4 is 16.6 Å². The molecule has 0 fully saturated rings. The van der Waals surface area contributed by atoms with Gasteiger partial charge in [0.2, 0.25) is 0 Å². The Balaban J connectivity index is 1.67. The Hall–Kier alpha value is -3.02. The number of benzene rings is 3. The van der Waals surface area contributed by atoms with E-state index in [-0.39, 0.29) is 19.0 Å². The molecule has 0 atom stereocenters. The molecule has 140 valence electrons. The maximum atomic E-state index is 12.6. The number of fused-ring (bicyclic) bond motifs is 1. The van der Waals surface area contributed by atoms with Gasteiger partial charge in [-0.2, -0.15) is 13.2 Å². The van der Waals surface area contributed by atoms with Gasteiger partial charge >= 0.3 is 6.18 Å². The van der Waals surface area contributed by atoms with E-state index in [0.717, 1.165) is 22.9 Å². The predicted octanol–water partition coefficient (Wildman–Crippen LogP) is 5.52. The van der Waals surface area contributed by atoms with Crippen molar-refractivity contribution in [2.75, 3.05) is 13.2 Å². The van der Waals surface area contributed by atoms with Gasteiger partial charge in [-0.15, -0.1) is 0 Å². The van der Waals surface area contributed by atoms with Gasteiger partial charge in [0.25, 0.3) is 0 Å². The summed E-state index contributed by atoms with van der Waals surface area (Å²) in [7, 11) is 0. The molecule has 3 aromatic carbocycles. The number of rotatable bonds is 6. The number of hydrogen-bond acceptors (Lipinski definition) is 3. The third-order valence-electron chi connectivity index (χ3n) is 4.04. The van der Waals surface area contributed by atoms with Crippen molar-refractivity contribution in [3.63, 3.8) is 0 Å². The molecular weight excluding hydrogens is 357 g/mol. The lowest BCUT2D eigenvalue weighted by atomic mass is 10.0. The molecule has 0 saturated carbocycles. The molecule has 0 aliphatic rings. The number of Topliss-reactive ketones (excluding diaryl/α,β-unsaturated/α-hetero) is 1. The van der Waals surface area contributed by atoms with E-state index in [2.05, 4.69) is 0 Å². The van der Waals surface area contributed by atoms with Gasteiger partial charge in [0.05, 0.1) is 11.1 Å². The van der Waals surface area contributed by atoms with E-state index in [9.17, 15) is 18.0 Å². The normalized spacial score (nSPS) is 11.4. The standard InChI is InChI=1S/C21H17F3O3/c1-14(25)18-11-6-15-4-2-3-5-19(15)20(18)27-13-12-26-17-9-7-16(8-10-17)21(22,23)24/h2-11H,12-13H2,1H3. The second-order valence-corrected chi connectivity index (χ2v) is 5.94. The van der Waals surface area contributed by atoms with Gasteiger partial charge in [-0.05, 0) is 42.6 Å². The van der Waals surface area contributed by atoms with E-state index in [1.807, 2.05) is 30.3 Å². The van der Waals surface area contributed by atoms with Crippen molar-refractivity contribution in [2.24, 2.45) is 0 Å². The highest BCUT2D eigenvalue weighted by Gasteiger charge is 2.30. The van der Waals surface area contributed by atoms with Gasteiger partial charge in [-0.3, -0.25) is 4.79 Å². The first-order valence-corrected chi connectivity index (χ1v) is 8.32. The summed E-state index contributed by atoms with van der Waals surface area (Å²) in [6, 6.07) is 15.6. The van der Waals surface area contributed by atoms with Crippen LogP contribution in [0.4, 0.5) is 13.2 Å². The molecule has 0 aliphatic carbocycles. The van der Waals surface area contributed by atoms with Crippen molar-refractivity contribution in [1.29, 1.82) is 0 Å². The number of hydrogen-bond donors (Lipinski definition) is 0. The number of ether oxygens (including phenoxy) is 2. The Bertz CT molecular complexity index is 947. The van der Waals surface area contributed by atoms with E-state index >= 15 is 0 Å². The van der Waals surface area contributed by atoms with Gasteiger partial charge in [0, 0.05) is 5.39 Å². The zero-order valence-electron chi connectivity index (χ0n) is 14.5. The minimum absolute atomic E-state index is 0.112. The SMILES string of the molecule is CC(=O)c1ccc2ccccc2c1OCCOc1ccc(C(F)(F)F)cc1. The van der Waals surface area contributed by atoms with Crippen LogP contribution in [0.5, 0.6) is 11.5 Å². The van der Waals surface area contributed by atoms with Crippen LogP contribution in [0.2, 0.25) is 0 Å². The van der Waals surface area contributed by atoms with Crippen molar-refractivity contribution in [1.82, 2.24) is 0 Å². The number of alkyl halides is 3. The van der Waals surface area contributed by atoms with Gasteiger partial charge in [-0.1, -0.05) is 30.3 Å². The Morgan fingerprint density at radius 1 is 0.889 bits per heavy atom. The Labute approximate surface area is 154 Å². The average molecular weight is 374 g/mol. The summed E-state index contributed by atoms with van der Waals surface area (Å²) in [5, 5.41) is 1.76. The molecule has 27 heavy (non-hydrogen) atoms. The molecule has 0 amide bonds. The molecule has 0 aliphatic heterocycles. The van der Waals surface area contributed by atoms with E-state index in [1.165, 1.54) is 19.1 Å². The average Bonchev–Trinajstić information content (AvgIpc) is 2.64. The smallest absolute Gasteiger partial charge is 0.416 e. The van der Waals surface area contributed by atoms with Crippen molar-refractivity contribution in [2.45, 2.75) is 13.1 Å². The molecule has 3 rings (SSSR count). The number of carbonyl (C=O) groups excluding carboxylic acids is 1. The summed E-state index contributed by atoms with van der Waals surface area (Å²) in [4.78, 5) is 11.9. The van der Waals surface area contributed by atoms with Crippen LogP contribution < -0.4 is 9.47 Å². The van der Waals surface area contributed by atoms with Crippen LogP contribution >= 0.6 is 0 Å². The monoisotopic (exact) mass is 374 g/mol. The highest BCUT2D eigenvalue weighted by atomic mass is 19.4. The molecule has 0 heterocycles. The fourth-order valence-electron chi connectivity index (χ4n) is 2.72. The molecule has 6 heteroatoms. The maximum absolute atomic E-state index is 12.6. The second kappa shape index (κ2) is 7.70. The largest absolute Gasteiger partial charge is 0.490 e. The fourth-order valence-corrected chi connectivity index (χ4v) is 2.72. The lowest BCUT2D eigenvalue weighted by molar-refractivity contribution is -0.137. The molecule has 0 unspecified atom stereocenters. The first kappa shape index (κ1) is 18.8. The molecule has 0 N–H and O–H groups in total. The summed E-state index contributed by atoms with van der Waals surface area (Å²) in [6.45, 7) is 1.75. The third-order valence-corrected chi connectivity index (χ3v) is 4.04. The molecule has 0 spiro atoms. The lowest BCUT2D eigenvalue weighted by Gasteiger charge is -2.14. The molecule has 0 bridgehead atoms. The van der Waals surface area contributed by atoms with Crippen molar-refractivity contribution in [3.8, 4) is 11.5 Å². The van der Waals surface area contributed by atoms with Gasteiger partial charge in [0.1, 0.15) is 24.7 Å². The van der Waals surface area contributed by atoms with Gasteiger partial charge in [0.15, 0.2) is 5.78 Å². The second-order valence-electron chi connectivity index (χ2n) is 5.94. The first-order chi connectivity index (χ1) is 12.9. The molecule has 3 nitrogen and oxygen atoms in total. The Kier molecular flexibility index (Phi) is 5.35. The zero-order valence-corrected chi connectivity index (χ0v) is 14.5. The highest BCUT2D eigenvalue weighted by molar-refractivity contribution is 6.03. The van der Waals surface area contributed by atoms with Crippen LogP contribution in [0.25, 0.3) is 10.8 Å². The van der Waals surface area contributed by atoms with Crippen LogP contribution in [0.15, 0.2) is 60.7 Å². The van der Waals surface area contributed by atoms with Crippen molar-refractivity contribution in [3.05, 3.63) is 71.8 Å². The summed E-state index contributed by atoms with van der Waals surface area (Å²) in [5.41, 5.74) is -0.254. The molecule has 0 aromatic heterocycles. The maximum Gasteiger partial charge on any atom is 0.416 e. The quantitative estimate of drug-likeness (QED) is 0.421. The topological polar surface area (TPSA) is 35.5 Å². The summed E-state index contributed by atoms with van der Waals surface area (Å²) < 4.78 is 48.9. The van der Waals surface area contributed by atoms with Crippen LogP contribution in [0.3, 0.4) is 0 Å². The number of halogens is 3. The molecular formula is C21H17F3O3. The molecule has 0 radical (unpaired) electrons. The molecule has 3 aromatic rings. The van der Waals surface area contributed by atoms with E-state index in [4.69, 9.17) is 9.47 Å². The summed E-state index contributed by atoms with van der Waals surface area (Å²) >= 11 is 0. The van der Waals surface area contributed by atoms with E-state index in [0.29, 0.717) is 17.1 Å². The van der Waals surface area contributed by atoms with Gasteiger partial charge in [-0.25, -0.2) is 0 Å².